The number of amides is 2. The Morgan fingerprint density at radius 2 is 1.95 bits per heavy atom. The van der Waals surface area contributed by atoms with E-state index in [2.05, 4.69) is 5.32 Å². The van der Waals surface area contributed by atoms with Gasteiger partial charge < -0.3 is 15.3 Å². The molecule has 102 valence electrons. The van der Waals surface area contributed by atoms with Crippen LogP contribution in [0.4, 0.5) is 5.69 Å². The Kier molecular flexibility index (Phi) is 4.88. The summed E-state index contributed by atoms with van der Waals surface area (Å²) >= 11 is 5.87. The maximum absolute atomic E-state index is 11.7. The highest BCUT2D eigenvalue weighted by molar-refractivity contribution is 6.34. The first kappa shape index (κ1) is 15.0. The summed E-state index contributed by atoms with van der Waals surface area (Å²) in [5, 5.41) is 11.1. The third kappa shape index (κ3) is 4.26. The average Bonchev–Trinajstić information content (AvgIpc) is 2.29. The SMILES string of the molecule is CN(C)C(=O)c1ccc(Cl)c(NC(=O)CC(=O)O)c1. The third-order valence-corrected chi connectivity index (χ3v) is 2.53. The van der Waals surface area contributed by atoms with Gasteiger partial charge in [-0.2, -0.15) is 0 Å². The first-order valence-corrected chi connectivity index (χ1v) is 5.72. The zero-order valence-corrected chi connectivity index (χ0v) is 11.2. The van der Waals surface area contributed by atoms with Crippen LogP contribution in [0, 0.1) is 0 Å². The van der Waals surface area contributed by atoms with Gasteiger partial charge in [-0.1, -0.05) is 11.6 Å². The largest absolute Gasteiger partial charge is 0.481 e. The second-order valence-corrected chi connectivity index (χ2v) is 4.42. The fraction of sp³-hybridized carbons (Fsp3) is 0.250. The second kappa shape index (κ2) is 6.19. The van der Waals surface area contributed by atoms with Crippen LogP contribution in [0.1, 0.15) is 16.8 Å². The molecule has 0 unspecified atom stereocenters. The standard InChI is InChI=1S/C12H13ClN2O4/c1-15(2)12(19)7-3-4-8(13)9(5-7)14-10(16)6-11(17)18/h3-5H,6H2,1-2H3,(H,14,16)(H,17,18). The van der Waals surface area contributed by atoms with Gasteiger partial charge in [0.25, 0.3) is 5.91 Å². The molecule has 0 radical (unpaired) electrons. The maximum Gasteiger partial charge on any atom is 0.312 e. The van der Waals surface area contributed by atoms with Crippen LogP contribution in [0.3, 0.4) is 0 Å². The molecule has 0 spiro atoms. The molecule has 0 aromatic heterocycles. The molecular formula is C12H13ClN2O4. The summed E-state index contributed by atoms with van der Waals surface area (Å²) in [5.74, 6) is -2.19. The first-order valence-electron chi connectivity index (χ1n) is 5.34. The quantitative estimate of drug-likeness (QED) is 0.820. The van der Waals surface area contributed by atoms with E-state index in [0.29, 0.717) is 5.56 Å². The summed E-state index contributed by atoms with van der Waals surface area (Å²) in [4.78, 5) is 34.9. The summed E-state index contributed by atoms with van der Waals surface area (Å²) in [5.41, 5.74) is 0.556. The Morgan fingerprint density at radius 1 is 1.32 bits per heavy atom. The Bertz CT molecular complexity index is 528. The number of benzene rings is 1. The van der Waals surface area contributed by atoms with Crippen LogP contribution in [0.5, 0.6) is 0 Å². The minimum Gasteiger partial charge on any atom is -0.481 e. The van der Waals surface area contributed by atoms with Crippen molar-refractivity contribution >= 4 is 35.1 Å². The van der Waals surface area contributed by atoms with Gasteiger partial charge in [-0.3, -0.25) is 14.4 Å². The maximum atomic E-state index is 11.7. The zero-order chi connectivity index (χ0) is 14.6. The van der Waals surface area contributed by atoms with Crippen molar-refractivity contribution in [3.05, 3.63) is 28.8 Å². The molecule has 0 aliphatic carbocycles. The Labute approximate surface area is 115 Å². The molecule has 2 amide bonds. The molecular weight excluding hydrogens is 272 g/mol. The number of carbonyl (C=O) groups excluding carboxylic acids is 2. The average molecular weight is 285 g/mol. The lowest BCUT2D eigenvalue weighted by Gasteiger charge is -2.12. The Balaban J connectivity index is 2.95. The first-order chi connectivity index (χ1) is 8.81. The lowest BCUT2D eigenvalue weighted by Crippen LogP contribution is -2.22. The third-order valence-electron chi connectivity index (χ3n) is 2.21. The number of nitrogens with zero attached hydrogens (tertiary/aromatic N) is 1. The van der Waals surface area contributed by atoms with E-state index in [-0.39, 0.29) is 16.6 Å². The number of carbonyl (C=O) groups is 3. The van der Waals surface area contributed by atoms with Gasteiger partial charge >= 0.3 is 5.97 Å². The predicted octanol–water partition coefficient (Wildman–Crippen LogP) is 1.46. The van der Waals surface area contributed by atoms with E-state index in [4.69, 9.17) is 16.7 Å². The summed E-state index contributed by atoms with van der Waals surface area (Å²) in [6.07, 6.45) is -0.665. The van der Waals surface area contributed by atoms with Crippen molar-refractivity contribution in [2.75, 3.05) is 19.4 Å². The monoisotopic (exact) mass is 284 g/mol. The molecule has 19 heavy (non-hydrogen) atoms. The molecule has 2 N–H and O–H groups in total. The molecule has 0 bridgehead atoms. The van der Waals surface area contributed by atoms with Gasteiger partial charge in [0.05, 0.1) is 10.7 Å². The van der Waals surface area contributed by atoms with Crippen molar-refractivity contribution in [1.82, 2.24) is 4.90 Å². The van der Waals surface area contributed by atoms with Crippen LogP contribution in [-0.2, 0) is 9.59 Å². The van der Waals surface area contributed by atoms with Crippen LogP contribution in [0.25, 0.3) is 0 Å². The number of carboxylic acid groups (broad SMARTS) is 1. The van der Waals surface area contributed by atoms with E-state index in [1.807, 2.05) is 0 Å². The number of anilines is 1. The fourth-order valence-electron chi connectivity index (χ4n) is 1.34. The lowest BCUT2D eigenvalue weighted by molar-refractivity contribution is -0.139. The lowest BCUT2D eigenvalue weighted by atomic mass is 10.1. The number of hydrogen-bond donors (Lipinski definition) is 2. The van der Waals surface area contributed by atoms with Crippen LogP contribution in [-0.4, -0.2) is 41.9 Å². The second-order valence-electron chi connectivity index (χ2n) is 4.01. The van der Waals surface area contributed by atoms with Crippen molar-refractivity contribution in [3.63, 3.8) is 0 Å². The van der Waals surface area contributed by atoms with Gasteiger partial charge in [-0.15, -0.1) is 0 Å². The van der Waals surface area contributed by atoms with E-state index in [9.17, 15) is 14.4 Å². The van der Waals surface area contributed by atoms with Crippen LogP contribution >= 0.6 is 11.6 Å². The van der Waals surface area contributed by atoms with Crippen molar-refractivity contribution in [2.45, 2.75) is 6.42 Å². The molecule has 0 saturated heterocycles. The molecule has 0 atom stereocenters. The van der Waals surface area contributed by atoms with Gasteiger partial charge in [-0.25, -0.2) is 0 Å². The molecule has 0 heterocycles. The summed E-state index contributed by atoms with van der Waals surface area (Å²) < 4.78 is 0. The van der Waals surface area contributed by atoms with E-state index < -0.39 is 18.3 Å². The van der Waals surface area contributed by atoms with Gasteiger partial charge in [0, 0.05) is 19.7 Å². The van der Waals surface area contributed by atoms with Crippen LogP contribution in [0.2, 0.25) is 5.02 Å². The van der Waals surface area contributed by atoms with Gasteiger partial charge in [0.15, 0.2) is 0 Å². The van der Waals surface area contributed by atoms with Crippen molar-refractivity contribution in [2.24, 2.45) is 0 Å². The van der Waals surface area contributed by atoms with Crippen molar-refractivity contribution in [3.8, 4) is 0 Å². The molecule has 1 aromatic rings. The van der Waals surface area contributed by atoms with E-state index in [1.165, 1.54) is 23.1 Å². The summed E-state index contributed by atoms with van der Waals surface area (Å²) in [6, 6.07) is 4.40. The number of hydrogen-bond acceptors (Lipinski definition) is 3. The number of aliphatic carboxylic acids is 1. The zero-order valence-electron chi connectivity index (χ0n) is 10.4. The Morgan fingerprint density at radius 3 is 2.47 bits per heavy atom. The predicted molar refractivity (Wildman–Crippen MR) is 70.4 cm³/mol. The molecule has 1 rings (SSSR count). The highest BCUT2D eigenvalue weighted by Gasteiger charge is 2.13. The molecule has 0 aliphatic heterocycles. The van der Waals surface area contributed by atoms with E-state index in [1.54, 1.807) is 14.1 Å². The fourth-order valence-corrected chi connectivity index (χ4v) is 1.51. The molecule has 1 aromatic carbocycles. The van der Waals surface area contributed by atoms with E-state index >= 15 is 0 Å². The van der Waals surface area contributed by atoms with Crippen LogP contribution < -0.4 is 5.32 Å². The van der Waals surface area contributed by atoms with E-state index in [0.717, 1.165) is 0 Å². The highest BCUT2D eigenvalue weighted by atomic mass is 35.5. The van der Waals surface area contributed by atoms with Gasteiger partial charge in [0.2, 0.25) is 5.91 Å². The van der Waals surface area contributed by atoms with Gasteiger partial charge in [-0.05, 0) is 18.2 Å². The summed E-state index contributed by atoms with van der Waals surface area (Å²) in [6.45, 7) is 0. The molecule has 6 nitrogen and oxygen atoms in total. The van der Waals surface area contributed by atoms with Crippen LogP contribution in [0.15, 0.2) is 18.2 Å². The number of halogens is 1. The molecule has 7 heteroatoms. The topological polar surface area (TPSA) is 86.7 Å². The highest BCUT2D eigenvalue weighted by Crippen LogP contribution is 2.23. The van der Waals surface area contributed by atoms with Gasteiger partial charge in [0.1, 0.15) is 6.42 Å². The Hall–Kier alpha value is -2.08. The summed E-state index contributed by atoms with van der Waals surface area (Å²) in [7, 11) is 3.19. The molecule has 0 saturated carbocycles. The minimum absolute atomic E-state index is 0.209. The molecule has 0 aliphatic rings. The van der Waals surface area contributed by atoms with Crippen molar-refractivity contribution < 1.29 is 19.5 Å². The number of carboxylic acids is 1. The molecule has 0 fully saturated rings. The normalized spacial score (nSPS) is 9.84. The number of rotatable bonds is 4. The number of nitrogens with one attached hydrogen (secondary N) is 1. The smallest absolute Gasteiger partial charge is 0.312 e. The minimum atomic E-state index is -1.24. The van der Waals surface area contributed by atoms with Crippen molar-refractivity contribution in [1.29, 1.82) is 0 Å².